The highest BCUT2D eigenvalue weighted by Gasteiger charge is 2.45. The molecule has 1 amide bonds. The first-order valence-corrected chi connectivity index (χ1v) is 9.03. The summed E-state index contributed by atoms with van der Waals surface area (Å²) >= 11 is 0. The van der Waals surface area contributed by atoms with Gasteiger partial charge in [0.2, 0.25) is 0 Å². The Labute approximate surface area is 144 Å². The molecule has 24 heavy (non-hydrogen) atoms. The monoisotopic (exact) mass is 331 g/mol. The first-order valence-electron chi connectivity index (χ1n) is 9.03. The van der Waals surface area contributed by atoms with Gasteiger partial charge in [-0.15, -0.1) is 0 Å². The van der Waals surface area contributed by atoms with Crippen LogP contribution in [0.5, 0.6) is 0 Å². The van der Waals surface area contributed by atoms with Crippen molar-refractivity contribution in [2.75, 3.05) is 32.0 Å². The lowest BCUT2D eigenvalue weighted by atomic mass is 9.86. The van der Waals surface area contributed by atoms with Crippen LogP contribution in [0.4, 0.5) is 5.69 Å². The third-order valence-corrected chi connectivity index (χ3v) is 5.77. The number of nitrogens with two attached hydrogens (primary N) is 1. The van der Waals surface area contributed by atoms with Crippen molar-refractivity contribution in [1.82, 2.24) is 10.2 Å². The fourth-order valence-electron chi connectivity index (χ4n) is 4.31. The molecule has 3 rings (SSSR count). The number of hydrogen-bond donors (Lipinski definition) is 2. The second-order valence-electron chi connectivity index (χ2n) is 7.18. The Morgan fingerprint density at radius 3 is 2.62 bits per heavy atom. The molecule has 3 N–H and O–H groups in total. The number of benzene rings is 1. The normalized spacial score (nSPS) is 22.2. The molecule has 0 spiro atoms. The summed E-state index contributed by atoms with van der Waals surface area (Å²) < 4.78 is 5.52. The molecule has 1 aromatic rings. The number of nitrogens with zero attached hydrogens (tertiary/aromatic N) is 1. The molecule has 1 aliphatic heterocycles. The van der Waals surface area contributed by atoms with E-state index in [0.29, 0.717) is 11.3 Å². The maximum Gasteiger partial charge on any atom is 0.251 e. The Bertz CT molecular complexity index is 590. The van der Waals surface area contributed by atoms with Crippen LogP contribution in [0.2, 0.25) is 0 Å². The topological polar surface area (TPSA) is 67.6 Å². The molecular weight excluding hydrogens is 302 g/mol. The van der Waals surface area contributed by atoms with Crippen LogP contribution in [0.15, 0.2) is 18.2 Å². The molecule has 0 aromatic heterocycles. The van der Waals surface area contributed by atoms with Gasteiger partial charge in [0, 0.05) is 35.9 Å². The van der Waals surface area contributed by atoms with Crippen molar-refractivity contribution in [3.8, 4) is 0 Å². The van der Waals surface area contributed by atoms with Crippen molar-refractivity contribution < 1.29 is 9.53 Å². The lowest BCUT2D eigenvalue weighted by molar-refractivity contribution is -0.0323. The van der Waals surface area contributed by atoms with Gasteiger partial charge in [-0.3, -0.25) is 9.69 Å². The molecule has 1 atom stereocenters. The number of carbonyl (C=O) groups excluding carboxylic acids is 1. The van der Waals surface area contributed by atoms with Crippen molar-refractivity contribution >= 4 is 11.6 Å². The number of ether oxygens (including phenoxy) is 1. The zero-order chi connectivity index (χ0) is 17.2. The predicted molar refractivity (Wildman–Crippen MR) is 96.1 cm³/mol. The van der Waals surface area contributed by atoms with E-state index in [1.165, 1.54) is 12.8 Å². The second kappa shape index (κ2) is 7.11. The quantitative estimate of drug-likeness (QED) is 0.831. The van der Waals surface area contributed by atoms with Gasteiger partial charge in [0.1, 0.15) is 0 Å². The van der Waals surface area contributed by atoms with Crippen LogP contribution in [0.25, 0.3) is 0 Å². The highest BCUT2D eigenvalue weighted by atomic mass is 16.5. The van der Waals surface area contributed by atoms with Crippen molar-refractivity contribution in [3.05, 3.63) is 29.3 Å². The van der Waals surface area contributed by atoms with E-state index in [4.69, 9.17) is 10.5 Å². The number of aryl methyl sites for hydroxylation is 1. The van der Waals surface area contributed by atoms with Gasteiger partial charge < -0.3 is 15.8 Å². The third-order valence-electron chi connectivity index (χ3n) is 5.77. The zero-order valence-corrected chi connectivity index (χ0v) is 14.8. The minimum absolute atomic E-state index is 0.0214. The van der Waals surface area contributed by atoms with Gasteiger partial charge in [0.05, 0.1) is 13.2 Å². The SMILES string of the molecule is Cc1ccc(N)cc1C(=O)NC(C)C1(N2CCOCC2)CCCC1. The van der Waals surface area contributed by atoms with Crippen molar-refractivity contribution in [3.63, 3.8) is 0 Å². The molecular formula is C19H29N3O2. The van der Waals surface area contributed by atoms with Gasteiger partial charge in [0.25, 0.3) is 5.91 Å². The first-order chi connectivity index (χ1) is 11.5. The van der Waals surface area contributed by atoms with Crippen LogP contribution >= 0.6 is 0 Å². The first kappa shape index (κ1) is 17.2. The van der Waals surface area contributed by atoms with Crippen LogP contribution in [-0.2, 0) is 4.74 Å². The smallest absolute Gasteiger partial charge is 0.251 e. The van der Waals surface area contributed by atoms with E-state index in [-0.39, 0.29) is 17.5 Å². The number of nitrogen functional groups attached to an aromatic ring is 1. The molecule has 1 saturated heterocycles. The lowest BCUT2D eigenvalue weighted by Crippen LogP contribution is -2.62. The summed E-state index contributed by atoms with van der Waals surface area (Å²) in [5.41, 5.74) is 8.19. The average Bonchev–Trinajstić information content (AvgIpc) is 3.09. The minimum Gasteiger partial charge on any atom is -0.399 e. The number of carbonyl (C=O) groups is 1. The number of hydrogen-bond acceptors (Lipinski definition) is 4. The predicted octanol–water partition coefficient (Wildman–Crippen LogP) is 2.34. The van der Waals surface area contributed by atoms with Crippen LogP contribution in [0, 0.1) is 6.92 Å². The summed E-state index contributed by atoms with van der Waals surface area (Å²) in [4.78, 5) is 15.3. The minimum atomic E-state index is -0.0214. The molecule has 1 aliphatic carbocycles. The Balaban J connectivity index is 1.77. The molecule has 2 aliphatic rings. The maximum absolute atomic E-state index is 12.8. The molecule has 1 saturated carbocycles. The molecule has 5 nitrogen and oxygen atoms in total. The van der Waals surface area contributed by atoms with Gasteiger partial charge in [-0.25, -0.2) is 0 Å². The van der Waals surface area contributed by atoms with Gasteiger partial charge in [-0.05, 0) is 44.4 Å². The summed E-state index contributed by atoms with van der Waals surface area (Å²) in [7, 11) is 0. The van der Waals surface area contributed by atoms with E-state index in [1.54, 1.807) is 6.07 Å². The molecule has 132 valence electrons. The van der Waals surface area contributed by atoms with Gasteiger partial charge in [0.15, 0.2) is 0 Å². The number of morpholine rings is 1. The van der Waals surface area contributed by atoms with Crippen LogP contribution in [0.3, 0.4) is 0 Å². The van der Waals surface area contributed by atoms with Crippen LogP contribution < -0.4 is 11.1 Å². The van der Waals surface area contributed by atoms with E-state index >= 15 is 0 Å². The Hall–Kier alpha value is -1.59. The molecule has 2 fully saturated rings. The molecule has 1 aromatic carbocycles. The Kier molecular flexibility index (Phi) is 5.11. The maximum atomic E-state index is 12.8. The third kappa shape index (κ3) is 3.28. The molecule has 0 radical (unpaired) electrons. The molecule has 0 bridgehead atoms. The van der Waals surface area contributed by atoms with E-state index < -0.39 is 0 Å². The summed E-state index contributed by atoms with van der Waals surface area (Å²) in [6.07, 6.45) is 4.75. The summed E-state index contributed by atoms with van der Waals surface area (Å²) in [6, 6.07) is 5.61. The molecule has 5 heteroatoms. The van der Waals surface area contributed by atoms with Gasteiger partial charge in [-0.1, -0.05) is 18.9 Å². The summed E-state index contributed by atoms with van der Waals surface area (Å²) in [5, 5.41) is 3.27. The van der Waals surface area contributed by atoms with Crippen molar-refractivity contribution in [2.45, 2.75) is 51.1 Å². The van der Waals surface area contributed by atoms with Gasteiger partial charge in [-0.2, -0.15) is 0 Å². The highest BCUT2D eigenvalue weighted by molar-refractivity contribution is 5.96. The van der Waals surface area contributed by atoms with Gasteiger partial charge >= 0.3 is 0 Å². The number of nitrogens with one attached hydrogen (secondary N) is 1. The standard InChI is InChI=1S/C19H29N3O2/c1-14-5-6-16(20)13-17(14)18(23)21-15(2)19(7-3-4-8-19)22-9-11-24-12-10-22/h5-6,13,15H,3-4,7-12,20H2,1-2H3,(H,21,23). The van der Waals surface area contributed by atoms with E-state index in [9.17, 15) is 4.79 Å². The molecule has 1 unspecified atom stereocenters. The number of anilines is 1. The van der Waals surface area contributed by atoms with Crippen LogP contribution in [0.1, 0.15) is 48.5 Å². The number of amides is 1. The van der Waals surface area contributed by atoms with E-state index in [2.05, 4.69) is 17.1 Å². The Morgan fingerprint density at radius 1 is 1.29 bits per heavy atom. The van der Waals surface area contributed by atoms with E-state index in [0.717, 1.165) is 44.7 Å². The average molecular weight is 331 g/mol. The van der Waals surface area contributed by atoms with E-state index in [1.807, 2.05) is 19.1 Å². The zero-order valence-electron chi connectivity index (χ0n) is 14.8. The number of rotatable bonds is 4. The lowest BCUT2D eigenvalue weighted by Gasteiger charge is -2.47. The molecule has 1 heterocycles. The summed E-state index contributed by atoms with van der Waals surface area (Å²) in [6.45, 7) is 7.59. The fraction of sp³-hybridized carbons (Fsp3) is 0.632. The van der Waals surface area contributed by atoms with Crippen molar-refractivity contribution in [1.29, 1.82) is 0 Å². The largest absolute Gasteiger partial charge is 0.399 e. The highest BCUT2D eigenvalue weighted by Crippen LogP contribution is 2.38. The van der Waals surface area contributed by atoms with Crippen molar-refractivity contribution in [2.24, 2.45) is 0 Å². The fourth-order valence-corrected chi connectivity index (χ4v) is 4.31. The second-order valence-corrected chi connectivity index (χ2v) is 7.18. The Morgan fingerprint density at radius 2 is 1.96 bits per heavy atom. The van der Waals surface area contributed by atoms with Crippen LogP contribution in [-0.4, -0.2) is 48.7 Å². The summed E-state index contributed by atoms with van der Waals surface area (Å²) in [5.74, 6) is -0.0214.